The second-order valence-corrected chi connectivity index (χ2v) is 5.41. The van der Waals surface area contributed by atoms with Gasteiger partial charge in [-0.05, 0) is 42.0 Å². The molecule has 5 heteroatoms. The Bertz CT molecular complexity index is 723. The first-order valence-electron chi connectivity index (χ1n) is 6.55. The molecule has 0 saturated heterocycles. The van der Waals surface area contributed by atoms with E-state index in [4.69, 9.17) is 4.74 Å². The molecule has 0 saturated carbocycles. The Kier molecular flexibility index (Phi) is 3.83. The molecule has 0 bridgehead atoms. The molecule has 0 fully saturated rings. The van der Waals surface area contributed by atoms with Gasteiger partial charge in [0, 0.05) is 25.0 Å². The summed E-state index contributed by atoms with van der Waals surface area (Å²) in [5, 5.41) is 4.01. The molecular weight excluding hydrogens is 282 g/mol. The van der Waals surface area contributed by atoms with Crippen LogP contribution in [0.2, 0.25) is 0 Å². The zero-order valence-corrected chi connectivity index (χ0v) is 12.6. The summed E-state index contributed by atoms with van der Waals surface area (Å²) in [7, 11) is 3.55. The normalized spacial score (nSPS) is 10.4. The van der Waals surface area contributed by atoms with Crippen LogP contribution in [0.25, 0.3) is 21.7 Å². The van der Waals surface area contributed by atoms with E-state index in [2.05, 4.69) is 27.4 Å². The molecule has 0 radical (unpaired) electrons. The summed E-state index contributed by atoms with van der Waals surface area (Å²) in [6, 6.07) is 12.0. The maximum atomic E-state index is 5.21. The molecule has 0 spiro atoms. The quantitative estimate of drug-likeness (QED) is 0.793. The molecule has 4 nitrogen and oxygen atoms in total. The van der Waals surface area contributed by atoms with Gasteiger partial charge < -0.3 is 10.1 Å². The first-order valence-corrected chi connectivity index (χ1v) is 7.37. The van der Waals surface area contributed by atoms with Crippen LogP contribution < -0.4 is 10.1 Å². The SMILES string of the molecule is CNc1nc(-c2ccncc2)c(-c2ccc(OC)cc2)s1. The topological polar surface area (TPSA) is 47.0 Å². The number of methoxy groups -OCH3 is 1. The molecule has 2 heterocycles. The van der Waals surface area contributed by atoms with Gasteiger partial charge in [-0.15, -0.1) is 0 Å². The predicted molar refractivity (Wildman–Crippen MR) is 86.9 cm³/mol. The number of pyridine rings is 1. The zero-order valence-electron chi connectivity index (χ0n) is 11.8. The van der Waals surface area contributed by atoms with Gasteiger partial charge in [0.15, 0.2) is 5.13 Å². The number of anilines is 1. The van der Waals surface area contributed by atoms with E-state index < -0.39 is 0 Å². The summed E-state index contributed by atoms with van der Waals surface area (Å²) in [5.41, 5.74) is 3.16. The third-order valence-electron chi connectivity index (χ3n) is 3.15. The Hall–Kier alpha value is -2.40. The van der Waals surface area contributed by atoms with Crippen LogP contribution >= 0.6 is 11.3 Å². The van der Waals surface area contributed by atoms with Crippen LogP contribution in [0.3, 0.4) is 0 Å². The molecule has 3 aromatic rings. The van der Waals surface area contributed by atoms with Gasteiger partial charge in [-0.2, -0.15) is 0 Å². The molecule has 1 N–H and O–H groups in total. The summed E-state index contributed by atoms with van der Waals surface area (Å²) >= 11 is 1.64. The van der Waals surface area contributed by atoms with Crippen molar-refractivity contribution in [1.82, 2.24) is 9.97 Å². The maximum absolute atomic E-state index is 5.21. The number of ether oxygens (including phenoxy) is 1. The highest BCUT2D eigenvalue weighted by Crippen LogP contribution is 2.39. The molecule has 0 amide bonds. The fraction of sp³-hybridized carbons (Fsp3) is 0.125. The number of aromatic nitrogens is 2. The van der Waals surface area contributed by atoms with Crippen LogP contribution in [0.15, 0.2) is 48.8 Å². The van der Waals surface area contributed by atoms with Crippen LogP contribution in [0, 0.1) is 0 Å². The lowest BCUT2D eigenvalue weighted by Gasteiger charge is -2.04. The molecule has 0 aliphatic carbocycles. The van der Waals surface area contributed by atoms with E-state index in [-0.39, 0.29) is 0 Å². The molecule has 0 atom stereocenters. The average molecular weight is 297 g/mol. The first-order chi connectivity index (χ1) is 10.3. The van der Waals surface area contributed by atoms with Crippen LogP contribution in [0.4, 0.5) is 5.13 Å². The third-order valence-corrected chi connectivity index (χ3v) is 4.27. The highest BCUT2D eigenvalue weighted by molar-refractivity contribution is 7.19. The van der Waals surface area contributed by atoms with Gasteiger partial charge >= 0.3 is 0 Å². The van der Waals surface area contributed by atoms with Crippen LogP contribution in [-0.4, -0.2) is 24.1 Å². The second kappa shape index (κ2) is 5.93. The van der Waals surface area contributed by atoms with Crippen molar-refractivity contribution in [1.29, 1.82) is 0 Å². The van der Waals surface area contributed by atoms with Crippen molar-refractivity contribution in [3.63, 3.8) is 0 Å². The number of rotatable bonds is 4. The summed E-state index contributed by atoms with van der Waals surface area (Å²) in [5.74, 6) is 0.850. The van der Waals surface area contributed by atoms with E-state index in [1.165, 1.54) is 0 Å². The molecule has 3 rings (SSSR count). The number of hydrogen-bond acceptors (Lipinski definition) is 5. The molecule has 106 valence electrons. The summed E-state index contributed by atoms with van der Waals surface area (Å²) in [6.07, 6.45) is 3.57. The Morgan fingerprint density at radius 1 is 1.00 bits per heavy atom. The number of nitrogens with one attached hydrogen (secondary N) is 1. The fourth-order valence-corrected chi connectivity index (χ4v) is 3.02. The first kappa shape index (κ1) is 13.6. The monoisotopic (exact) mass is 297 g/mol. The number of benzene rings is 1. The van der Waals surface area contributed by atoms with Gasteiger partial charge in [-0.25, -0.2) is 4.98 Å². The predicted octanol–water partition coefficient (Wildman–Crippen LogP) is 3.92. The molecule has 1 aromatic carbocycles. The van der Waals surface area contributed by atoms with E-state index in [1.807, 2.05) is 31.3 Å². The minimum absolute atomic E-state index is 0.850. The minimum atomic E-state index is 0.850. The standard InChI is InChI=1S/C16H15N3OS/c1-17-16-19-14(11-7-9-18-10-8-11)15(21-16)12-3-5-13(20-2)6-4-12/h3-10H,1-2H3,(H,17,19). The molecule has 21 heavy (non-hydrogen) atoms. The largest absolute Gasteiger partial charge is 0.497 e. The van der Waals surface area contributed by atoms with Crippen molar-refractivity contribution in [3.8, 4) is 27.4 Å². The average Bonchev–Trinajstić information content (AvgIpc) is 3.00. The second-order valence-electron chi connectivity index (χ2n) is 4.41. The Labute approximate surface area is 127 Å². The maximum Gasteiger partial charge on any atom is 0.183 e. The lowest BCUT2D eigenvalue weighted by atomic mass is 10.1. The molecular formula is C16H15N3OS. The number of hydrogen-bond donors (Lipinski definition) is 1. The summed E-state index contributed by atoms with van der Waals surface area (Å²) in [4.78, 5) is 9.87. The number of nitrogens with zero attached hydrogens (tertiary/aromatic N) is 2. The van der Waals surface area contributed by atoms with Crippen molar-refractivity contribution < 1.29 is 4.74 Å². The molecule has 2 aromatic heterocycles. The van der Waals surface area contributed by atoms with Crippen molar-refractivity contribution in [2.45, 2.75) is 0 Å². The highest BCUT2D eigenvalue weighted by Gasteiger charge is 2.14. The summed E-state index contributed by atoms with van der Waals surface area (Å²) < 4.78 is 5.21. The fourth-order valence-electron chi connectivity index (χ4n) is 2.07. The van der Waals surface area contributed by atoms with Gasteiger partial charge in [0.1, 0.15) is 5.75 Å². The van der Waals surface area contributed by atoms with E-state index in [9.17, 15) is 0 Å². The van der Waals surface area contributed by atoms with Gasteiger partial charge in [-0.3, -0.25) is 4.98 Å². The van der Waals surface area contributed by atoms with Gasteiger partial charge in [0.25, 0.3) is 0 Å². The molecule has 0 aliphatic heterocycles. The van der Waals surface area contributed by atoms with Crippen LogP contribution in [-0.2, 0) is 0 Å². The van der Waals surface area contributed by atoms with Crippen LogP contribution in [0.1, 0.15) is 0 Å². The third kappa shape index (κ3) is 2.73. The Morgan fingerprint density at radius 3 is 2.33 bits per heavy atom. The minimum Gasteiger partial charge on any atom is -0.497 e. The molecule has 0 unspecified atom stereocenters. The Morgan fingerprint density at radius 2 is 1.71 bits per heavy atom. The van der Waals surface area contributed by atoms with E-state index in [0.29, 0.717) is 0 Å². The highest BCUT2D eigenvalue weighted by atomic mass is 32.1. The van der Waals surface area contributed by atoms with Crippen molar-refractivity contribution in [2.75, 3.05) is 19.5 Å². The van der Waals surface area contributed by atoms with Gasteiger partial charge in [0.05, 0.1) is 17.7 Å². The lowest BCUT2D eigenvalue weighted by molar-refractivity contribution is 0.415. The van der Waals surface area contributed by atoms with Gasteiger partial charge in [-0.1, -0.05) is 11.3 Å². The zero-order chi connectivity index (χ0) is 14.7. The van der Waals surface area contributed by atoms with Gasteiger partial charge in [0.2, 0.25) is 0 Å². The molecule has 0 aliphatic rings. The van der Waals surface area contributed by atoms with E-state index in [1.54, 1.807) is 30.8 Å². The van der Waals surface area contributed by atoms with Crippen molar-refractivity contribution >= 4 is 16.5 Å². The smallest absolute Gasteiger partial charge is 0.183 e. The van der Waals surface area contributed by atoms with E-state index in [0.717, 1.165) is 32.6 Å². The summed E-state index contributed by atoms with van der Waals surface area (Å²) in [6.45, 7) is 0. The van der Waals surface area contributed by atoms with E-state index >= 15 is 0 Å². The number of thiazole rings is 1. The van der Waals surface area contributed by atoms with Crippen molar-refractivity contribution in [3.05, 3.63) is 48.8 Å². The lowest BCUT2D eigenvalue weighted by Crippen LogP contribution is -1.87. The van der Waals surface area contributed by atoms with Crippen molar-refractivity contribution in [2.24, 2.45) is 0 Å². The Balaban J connectivity index is 2.10. The van der Waals surface area contributed by atoms with Crippen LogP contribution in [0.5, 0.6) is 5.75 Å².